The van der Waals surface area contributed by atoms with Crippen molar-refractivity contribution in [1.29, 1.82) is 0 Å². The molecule has 1 aliphatic heterocycles. The summed E-state index contributed by atoms with van der Waals surface area (Å²) in [5.41, 5.74) is 0. The third-order valence-corrected chi connectivity index (χ3v) is 5.70. The van der Waals surface area contributed by atoms with Gasteiger partial charge in [0.15, 0.2) is 0 Å². The zero-order chi connectivity index (χ0) is 14.9. The summed E-state index contributed by atoms with van der Waals surface area (Å²) in [7, 11) is 0. The molecule has 1 saturated heterocycles. The summed E-state index contributed by atoms with van der Waals surface area (Å²) in [6.07, 6.45) is 3.24. The molecule has 5 atom stereocenters. The number of hydrogen-bond donors (Lipinski definition) is 2. The molecule has 5 nitrogen and oxygen atoms in total. The van der Waals surface area contributed by atoms with Gasteiger partial charge in [-0.3, -0.25) is 4.90 Å². The van der Waals surface area contributed by atoms with Crippen molar-refractivity contribution in [3.05, 3.63) is 0 Å². The lowest BCUT2D eigenvalue weighted by molar-refractivity contribution is -0.141. The summed E-state index contributed by atoms with van der Waals surface area (Å²) in [6, 6.07) is -0.750. The molecule has 1 heterocycles. The first-order chi connectivity index (χ1) is 9.40. The van der Waals surface area contributed by atoms with Crippen LogP contribution in [0.1, 0.15) is 40.0 Å². The van der Waals surface area contributed by atoms with E-state index < -0.39 is 12.0 Å². The van der Waals surface area contributed by atoms with Gasteiger partial charge >= 0.3 is 12.0 Å². The Hall–Kier alpha value is -0.910. The number of carboxylic acid groups (broad SMARTS) is 1. The monoisotopic (exact) mass is 300 g/mol. The number of rotatable bonds is 2. The summed E-state index contributed by atoms with van der Waals surface area (Å²) in [4.78, 5) is 25.1. The van der Waals surface area contributed by atoms with Crippen LogP contribution in [-0.2, 0) is 4.79 Å². The normalized spacial score (nSPS) is 37.8. The summed E-state index contributed by atoms with van der Waals surface area (Å²) in [6.45, 7) is 6.30. The highest BCUT2D eigenvalue weighted by Crippen LogP contribution is 2.31. The first-order valence-corrected chi connectivity index (χ1v) is 8.38. The molecule has 2 amide bonds. The predicted octanol–water partition coefficient (Wildman–Crippen LogP) is 2.37. The Morgan fingerprint density at radius 2 is 1.95 bits per heavy atom. The molecule has 1 saturated carbocycles. The fourth-order valence-electron chi connectivity index (χ4n) is 3.25. The minimum atomic E-state index is -0.915. The standard InChI is InChI=1S/C14H24N2O3S/c1-8-4-5-11(9(2)6-8)15-14(19)16-10(3)20-7-12(16)13(17)18/h8-12H,4-7H2,1-3H3,(H,15,19)(H,17,18). The molecule has 6 heteroatoms. The lowest BCUT2D eigenvalue weighted by atomic mass is 9.80. The van der Waals surface area contributed by atoms with Crippen molar-refractivity contribution in [2.24, 2.45) is 11.8 Å². The summed E-state index contributed by atoms with van der Waals surface area (Å²) in [5, 5.41) is 12.2. The molecule has 0 aromatic rings. The number of carbonyl (C=O) groups excluding carboxylic acids is 1. The maximum Gasteiger partial charge on any atom is 0.327 e. The number of carbonyl (C=O) groups is 2. The van der Waals surface area contributed by atoms with Crippen molar-refractivity contribution in [3.8, 4) is 0 Å². The Morgan fingerprint density at radius 3 is 2.55 bits per heavy atom. The van der Waals surface area contributed by atoms with Gasteiger partial charge in [0.1, 0.15) is 6.04 Å². The molecule has 2 aliphatic rings. The molecular formula is C14H24N2O3S. The van der Waals surface area contributed by atoms with E-state index in [4.69, 9.17) is 0 Å². The number of urea groups is 1. The Kier molecular flexibility index (Phi) is 4.83. The number of thioether (sulfide) groups is 1. The third kappa shape index (κ3) is 3.22. The number of hydrogen-bond acceptors (Lipinski definition) is 3. The van der Waals surface area contributed by atoms with Crippen molar-refractivity contribution in [1.82, 2.24) is 10.2 Å². The Morgan fingerprint density at radius 1 is 1.25 bits per heavy atom. The zero-order valence-electron chi connectivity index (χ0n) is 12.3. The molecule has 0 aromatic heterocycles. The molecule has 0 aromatic carbocycles. The molecular weight excluding hydrogens is 276 g/mol. The smallest absolute Gasteiger partial charge is 0.327 e. The van der Waals surface area contributed by atoms with Crippen LogP contribution in [-0.4, -0.2) is 45.2 Å². The number of aliphatic carboxylic acids is 1. The van der Waals surface area contributed by atoms with Crippen LogP contribution in [0.5, 0.6) is 0 Å². The van der Waals surface area contributed by atoms with Crippen LogP contribution >= 0.6 is 11.8 Å². The van der Waals surface area contributed by atoms with E-state index in [9.17, 15) is 14.7 Å². The second-order valence-electron chi connectivity index (χ2n) is 6.15. The van der Waals surface area contributed by atoms with E-state index in [1.54, 1.807) is 0 Å². The Labute approximate surface area is 124 Å². The first kappa shape index (κ1) is 15.5. The Balaban J connectivity index is 1.98. The quantitative estimate of drug-likeness (QED) is 0.821. The molecule has 114 valence electrons. The van der Waals surface area contributed by atoms with Crippen LogP contribution in [0, 0.1) is 11.8 Å². The molecule has 0 spiro atoms. The van der Waals surface area contributed by atoms with Crippen LogP contribution in [0.15, 0.2) is 0 Å². The van der Waals surface area contributed by atoms with Crippen LogP contribution in [0.4, 0.5) is 4.79 Å². The molecule has 1 aliphatic carbocycles. The highest BCUT2D eigenvalue weighted by Gasteiger charge is 2.40. The lowest BCUT2D eigenvalue weighted by Gasteiger charge is -2.35. The second-order valence-corrected chi connectivity index (χ2v) is 7.49. The highest BCUT2D eigenvalue weighted by atomic mass is 32.2. The second kappa shape index (κ2) is 6.24. The van der Waals surface area contributed by atoms with E-state index in [0.717, 1.165) is 19.3 Å². The first-order valence-electron chi connectivity index (χ1n) is 7.33. The van der Waals surface area contributed by atoms with Crippen LogP contribution < -0.4 is 5.32 Å². The van der Waals surface area contributed by atoms with E-state index in [0.29, 0.717) is 17.6 Å². The van der Waals surface area contributed by atoms with Crippen LogP contribution in [0.2, 0.25) is 0 Å². The van der Waals surface area contributed by atoms with Crippen LogP contribution in [0.25, 0.3) is 0 Å². The Bertz CT molecular complexity index is 391. The largest absolute Gasteiger partial charge is 0.480 e. The van der Waals surface area contributed by atoms with Gasteiger partial charge in [-0.15, -0.1) is 11.8 Å². The minimum absolute atomic E-state index is 0.0751. The van der Waals surface area contributed by atoms with E-state index >= 15 is 0 Å². The number of amides is 2. The van der Waals surface area contributed by atoms with E-state index in [1.807, 2.05) is 6.92 Å². The SMILES string of the molecule is CC1CCC(NC(=O)N2C(C)SCC2C(=O)O)C(C)C1. The van der Waals surface area contributed by atoms with Gasteiger partial charge in [0, 0.05) is 11.8 Å². The van der Waals surface area contributed by atoms with Gasteiger partial charge in [-0.2, -0.15) is 0 Å². The maximum absolute atomic E-state index is 12.4. The lowest BCUT2D eigenvalue weighted by Crippen LogP contribution is -2.53. The minimum Gasteiger partial charge on any atom is -0.480 e. The van der Waals surface area contributed by atoms with Crippen molar-refractivity contribution >= 4 is 23.8 Å². The third-order valence-electron chi connectivity index (χ3n) is 4.48. The number of nitrogens with zero attached hydrogens (tertiary/aromatic N) is 1. The van der Waals surface area contributed by atoms with E-state index in [-0.39, 0.29) is 17.4 Å². The summed E-state index contributed by atoms with van der Waals surface area (Å²) in [5.74, 6) is 0.728. The predicted molar refractivity (Wildman–Crippen MR) is 79.7 cm³/mol. The fraction of sp³-hybridized carbons (Fsp3) is 0.857. The average Bonchev–Trinajstić information content (AvgIpc) is 2.75. The topological polar surface area (TPSA) is 69.6 Å². The van der Waals surface area contributed by atoms with Crippen molar-refractivity contribution < 1.29 is 14.7 Å². The van der Waals surface area contributed by atoms with Gasteiger partial charge in [-0.25, -0.2) is 9.59 Å². The van der Waals surface area contributed by atoms with E-state index in [1.165, 1.54) is 16.7 Å². The number of carboxylic acids is 1. The molecule has 2 N–H and O–H groups in total. The molecule has 20 heavy (non-hydrogen) atoms. The highest BCUT2D eigenvalue weighted by molar-refractivity contribution is 8.00. The van der Waals surface area contributed by atoms with Crippen molar-refractivity contribution in [3.63, 3.8) is 0 Å². The van der Waals surface area contributed by atoms with Crippen LogP contribution in [0.3, 0.4) is 0 Å². The van der Waals surface area contributed by atoms with Crippen molar-refractivity contribution in [2.45, 2.75) is 57.5 Å². The van der Waals surface area contributed by atoms with Gasteiger partial charge in [0.05, 0.1) is 5.37 Å². The van der Waals surface area contributed by atoms with Gasteiger partial charge < -0.3 is 10.4 Å². The molecule has 2 rings (SSSR count). The molecule has 0 bridgehead atoms. The van der Waals surface area contributed by atoms with Crippen molar-refractivity contribution in [2.75, 3.05) is 5.75 Å². The molecule has 5 unspecified atom stereocenters. The van der Waals surface area contributed by atoms with Gasteiger partial charge in [-0.05, 0) is 38.0 Å². The molecule has 0 radical (unpaired) electrons. The fourth-order valence-corrected chi connectivity index (χ4v) is 4.42. The van der Waals surface area contributed by atoms with Gasteiger partial charge in [0.2, 0.25) is 0 Å². The number of nitrogens with one attached hydrogen (secondary N) is 1. The zero-order valence-corrected chi connectivity index (χ0v) is 13.2. The van der Waals surface area contributed by atoms with Gasteiger partial charge in [0.25, 0.3) is 0 Å². The summed E-state index contributed by atoms with van der Waals surface area (Å²) >= 11 is 1.52. The summed E-state index contributed by atoms with van der Waals surface area (Å²) < 4.78 is 0. The van der Waals surface area contributed by atoms with E-state index in [2.05, 4.69) is 19.2 Å². The average molecular weight is 300 g/mol. The maximum atomic E-state index is 12.4. The van der Waals surface area contributed by atoms with Gasteiger partial charge in [-0.1, -0.05) is 13.8 Å². The molecule has 2 fully saturated rings.